The molecule has 1 aromatic carbocycles. The van der Waals surface area contributed by atoms with Crippen molar-refractivity contribution < 1.29 is 0 Å². The van der Waals surface area contributed by atoms with Gasteiger partial charge in [0.25, 0.3) is 5.56 Å². The Bertz CT molecular complexity index is 568. The summed E-state index contributed by atoms with van der Waals surface area (Å²) in [4.78, 5) is 19.7. The summed E-state index contributed by atoms with van der Waals surface area (Å²) in [6.45, 7) is 2.74. The second-order valence-corrected chi connectivity index (χ2v) is 5.19. The van der Waals surface area contributed by atoms with E-state index in [4.69, 9.17) is 0 Å². The molecule has 2 aromatic rings. The van der Waals surface area contributed by atoms with E-state index in [1.807, 2.05) is 25.1 Å². The lowest BCUT2D eigenvalue weighted by Gasteiger charge is -2.06. The number of hydrogen-bond donors (Lipinski definition) is 2. The number of anilines is 1. The van der Waals surface area contributed by atoms with Gasteiger partial charge in [-0.2, -0.15) is 0 Å². The molecule has 4 nitrogen and oxygen atoms in total. The molecule has 1 aromatic heterocycles. The summed E-state index contributed by atoms with van der Waals surface area (Å²) in [5, 5.41) is 3.18. The topological polar surface area (TPSA) is 57.8 Å². The maximum Gasteiger partial charge on any atom is 0.252 e. The van der Waals surface area contributed by atoms with Crippen LogP contribution in [0.1, 0.15) is 12.7 Å². The molecule has 2 rings (SSSR count). The van der Waals surface area contributed by atoms with Crippen LogP contribution in [0.25, 0.3) is 0 Å². The van der Waals surface area contributed by atoms with Gasteiger partial charge in [0.15, 0.2) is 0 Å². The molecule has 5 heteroatoms. The molecule has 0 aliphatic heterocycles. The number of aryl methyl sites for hydroxylation is 1. The molecule has 0 bridgehead atoms. The van der Waals surface area contributed by atoms with Crippen molar-refractivity contribution in [2.45, 2.75) is 18.2 Å². The average molecular weight is 275 g/mol. The van der Waals surface area contributed by atoms with E-state index in [1.165, 1.54) is 11.0 Å². The van der Waals surface area contributed by atoms with Gasteiger partial charge in [0.05, 0.1) is 0 Å². The first-order chi connectivity index (χ1) is 9.28. The van der Waals surface area contributed by atoms with Gasteiger partial charge in [0.1, 0.15) is 11.6 Å². The molecule has 1 heterocycles. The number of aromatic amines is 1. The number of hydrogen-bond acceptors (Lipinski definition) is 4. The summed E-state index contributed by atoms with van der Waals surface area (Å²) >= 11 is 1.78. The van der Waals surface area contributed by atoms with Crippen LogP contribution in [0.15, 0.2) is 46.1 Å². The summed E-state index contributed by atoms with van der Waals surface area (Å²) in [5.74, 6) is 2.29. The third kappa shape index (κ3) is 4.44. The van der Waals surface area contributed by atoms with E-state index >= 15 is 0 Å². The number of benzene rings is 1. The summed E-state index contributed by atoms with van der Waals surface area (Å²) in [7, 11) is 0. The fourth-order valence-electron chi connectivity index (χ4n) is 1.63. The van der Waals surface area contributed by atoms with E-state index in [0.29, 0.717) is 11.6 Å². The van der Waals surface area contributed by atoms with Gasteiger partial charge in [-0.3, -0.25) is 4.79 Å². The lowest BCUT2D eigenvalue weighted by molar-refractivity contribution is 0.918. The largest absolute Gasteiger partial charge is 0.369 e. The highest BCUT2D eigenvalue weighted by Crippen LogP contribution is 2.16. The van der Waals surface area contributed by atoms with Crippen molar-refractivity contribution >= 4 is 17.6 Å². The van der Waals surface area contributed by atoms with Crippen molar-refractivity contribution in [2.24, 2.45) is 0 Å². The number of rotatable bonds is 6. The molecule has 0 radical (unpaired) electrons. The number of nitrogens with one attached hydrogen (secondary N) is 2. The van der Waals surface area contributed by atoms with Gasteiger partial charge in [0, 0.05) is 29.7 Å². The maximum atomic E-state index is 11.4. The monoisotopic (exact) mass is 275 g/mol. The van der Waals surface area contributed by atoms with E-state index in [0.717, 1.165) is 18.7 Å². The molecular weight excluding hydrogens is 258 g/mol. The molecule has 0 saturated carbocycles. The molecule has 2 N–H and O–H groups in total. The molecule has 0 fully saturated rings. The van der Waals surface area contributed by atoms with Crippen molar-refractivity contribution in [2.75, 3.05) is 17.6 Å². The summed E-state index contributed by atoms with van der Waals surface area (Å²) in [6.07, 6.45) is 0.726. The first kappa shape index (κ1) is 13.7. The van der Waals surface area contributed by atoms with Crippen LogP contribution in [-0.4, -0.2) is 22.3 Å². The second-order valence-electron chi connectivity index (χ2n) is 4.02. The van der Waals surface area contributed by atoms with Crippen molar-refractivity contribution in [3.05, 3.63) is 52.6 Å². The van der Waals surface area contributed by atoms with Gasteiger partial charge in [-0.05, 0) is 12.1 Å². The maximum absolute atomic E-state index is 11.4. The quantitative estimate of drug-likeness (QED) is 0.628. The van der Waals surface area contributed by atoms with Crippen molar-refractivity contribution in [3.63, 3.8) is 0 Å². The minimum atomic E-state index is -0.106. The first-order valence-electron chi connectivity index (χ1n) is 6.30. The lowest BCUT2D eigenvalue weighted by atomic mass is 10.4. The zero-order valence-corrected chi connectivity index (χ0v) is 11.7. The minimum absolute atomic E-state index is 0.106. The summed E-state index contributed by atoms with van der Waals surface area (Å²) in [6, 6.07) is 11.7. The van der Waals surface area contributed by atoms with E-state index in [9.17, 15) is 4.79 Å². The van der Waals surface area contributed by atoms with Crippen molar-refractivity contribution in [3.8, 4) is 0 Å². The molecule has 0 amide bonds. The summed E-state index contributed by atoms with van der Waals surface area (Å²) < 4.78 is 0. The molecule has 0 atom stereocenters. The first-order valence-corrected chi connectivity index (χ1v) is 7.28. The lowest BCUT2D eigenvalue weighted by Crippen LogP contribution is -2.14. The highest BCUT2D eigenvalue weighted by atomic mass is 32.2. The Kier molecular flexibility index (Phi) is 5.03. The van der Waals surface area contributed by atoms with Gasteiger partial charge in [-0.15, -0.1) is 11.8 Å². The highest BCUT2D eigenvalue weighted by Gasteiger charge is 1.99. The number of nitrogens with zero attached hydrogens (tertiary/aromatic N) is 1. The Morgan fingerprint density at radius 2 is 2.11 bits per heavy atom. The van der Waals surface area contributed by atoms with Crippen LogP contribution in [0.2, 0.25) is 0 Å². The van der Waals surface area contributed by atoms with Crippen LogP contribution in [0, 0.1) is 0 Å². The number of aromatic nitrogens is 2. The van der Waals surface area contributed by atoms with E-state index < -0.39 is 0 Å². The van der Waals surface area contributed by atoms with Gasteiger partial charge < -0.3 is 10.3 Å². The number of thioether (sulfide) groups is 1. The van der Waals surface area contributed by atoms with Crippen LogP contribution in [0.3, 0.4) is 0 Å². The van der Waals surface area contributed by atoms with Gasteiger partial charge >= 0.3 is 0 Å². The highest BCUT2D eigenvalue weighted by molar-refractivity contribution is 7.99. The Morgan fingerprint density at radius 3 is 2.84 bits per heavy atom. The Hall–Kier alpha value is -1.75. The fourth-order valence-corrected chi connectivity index (χ4v) is 2.42. The smallest absolute Gasteiger partial charge is 0.252 e. The normalized spacial score (nSPS) is 10.4. The Labute approximate surface area is 116 Å². The predicted molar refractivity (Wildman–Crippen MR) is 79.9 cm³/mol. The molecule has 0 saturated heterocycles. The van der Waals surface area contributed by atoms with Crippen LogP contribution in [0.5, 0.6) is 0 Å². The van der Waals surface area contributed by atoms with Crippen molar-refractivity contribution in [1.29, 1.82) is 0 Å². The molecule has 19 heavy (non-hydrogen) atoms. The Balaban J connectivity index is 1.83. The van der Waals surface area contributed by atoms with E-state index in [2.05, 4.69) is 27.4 Å². The molecule has 100 valence electrons. The zero-order chi connectivity index (χ0) is 13.5. The molecule has 0 aliphatic rings. The molecule has 0 unspecified atom stereocenters. The summed E-state index contributed by atoms with van der Waals surface area (Å²) in [5.41, 5.74) is -0.106. The van der Waals surface area contributed by atoms with Gasteiger partial charge in [0.2, 0.25) is 0 Å². The third-order valence-corrected chi connectivity index (χ3v) is 3.56. The standard InChI is InChI=1S/C14H17N3OS/c1-2-12-16-13(10-14(18)17-12)15-8-9-19-11-6-4-3-5-7-11/h3-7,10H,2,8-9H2,1H3,(H2,15,16,17,18). The zero-order valence-electron chi connectivity index (χ0n) is 10.8. The SMILES string of the molecule is CCc1nc(NCCSc2ccccc2)cc(=O)[nH]1. The second kappa shape index (κ2) is 6.99. The minimum Gasteiger partial charge on any atom is -0.369 e. The van der Waals surface area contributed by atoms with Gasteiger partial charge in [-0.1, -0.05) is 25.1 Å². The Morgan fingerprint density at radius 1 is 1.32 bits per heavy atom. The van der Waals surface area contributed by atoms with E-state index in [1.54, 1.807) is 11.8 Å². The van der Waals surface area contributed by atoms with Crippen molar-refractivity contribution in [1.82, 2.24) is 9.97 Å². The van der Waals surface area contributed by atoms with Crippen LogP contribution in [0.4, 0.5) is 5.82 Å². The molecule has 0 aliphatic carbocycles. The van der Waals surface area contributed by atoms with E-state index in [-0.39, 0.29) is 5.56 Å². The average Bonchev–Trinajstić information content (AvgIpc) is 2.44. The third-order valence-electron chi connectivity index (χ3n) is 2.55. The molecule has 0 spiro atoms. The van der Waals surface area contributed by atoms with Crippen LogP contribution < -0.4 is 10.9 Å². The predicted octanol–water partition coefficient (Wildman–Crippen LogP) is 2.54. The number of H-pyrrole nitrogens is 1. The molecular formula is C14H17N3OS. The van der Waals surface area contributed by atoms with Crippen LogP contribution in [-0.2, 0) is 6.42 Å². The fraction of sp³-hybridized carbons (Fsp3) is 0.286. The van der Waals surface area contributed by atoms with Gasteiger partial charge in [-0.25, -0.2) is 4.98 Å². The van der Waals surface area contributed by atoms with Crippen LogP contribution >= 0.6 is 11.8 Å².